The molecule has 0 aliphatic heterocycles. The summed E-state index contributed by atoms with van der Waals surface area (Å²) in [7, 11) is 1.39. The van der Waals surface area contributed by atoms with Crippen LogP contribution in [0.2, 0.25) is 0 Å². The van der Waals surface area contributed by atoms with Gasteiger partial charge < -0.3 is 9.47 Å². The lowest BCUT2D eigenvalue weighted by Gasteiger charge is -2.47. The van der Waals surface area contributed by atoms with Crippen molar-refractivity contribution in [3.8, 4) is 0 Å². The highest BCUT2D eigenvalue weighted by Gasteiger charge is 2.45. The molecule has 2 fully saturated rings. The molecule has 0 saturated heterocycles. The Morgan fingerprint density at radius 3 is 2.94 bits per heavy atom. The van der Waals surface area contributed by atoms with Gasteiger partial charge in [0.05, 0.1) is 7.11 Å². The molecule has 0 aromatic rings. The Balaban J connectivity index is 2.07. The Morgan fingerprint density at radius 2 is 2.25 bits per heavy atom. The van der Waals surface area contributed by atoms with Gasteiger partial charge in [-0.2, -0.15) is 0 Å². The first-order valence-electron chi connectivity index (χ1n) is 6.44. The molecule has 3 unspecified atom stereocenters. The molecule has 92 valence electrons. The van der Waals surface area contributed by atoms with Gasteiger partial charge in [0, 0.05) is 0 Å². The fourth-order valence-electron chi connectivity index (χ4n) is 3.57. The number of methoxy groups -OCH3 is 1. The lowest BCUT2D eigenvalue weighted by atomic mass is 9.64. The summed E-state index contributed by atoms with van der Waals surface area (Å²) in [5.74, 6) is 1.49. The van der Waals surface area contributed by atoms with Crippen molar-refractivity contribution in [3.05, 3.63) is 0 Å². The van der Waals surface area contributed by atoms with Crippen LogP contribution < -0.4 is 0 Å². The summed E-state index contributed by atoms with van der Waals surface area (Å²) >= 11 is 0. The van der Waals surface area contributed by atoms with Crippen LogP contribution in [0.3, 0.4) is 0 Å². The van der Waals surface area contributed by atoms with Crippen molar-refractivity contribution in [2.24, 2.45) is 11.8 Å². The average Bonchev–Trinajstić information content (AvgIpc) is 2.27. The van der Waals surface area contributed by atoms with Crippen LogP contribution in [-0.2, 0) is 9.47 Å². The number of hydrogen-bond acceptors (Lipinski definition) is 3. The smallest absolute Gasteiger partial charge is 0.438 e. The molecule has 2 saturated carbocycles. The monoisotopic (exact) mass is 226 g/mol. The van der Waals surface area contributed by atoms with Crippen LogP contribution in [0.1, 0.15) is 51.9 Å². The standard InChI is InChI=1S/C13H22O3/c1-3-10-7-11-5-4-6-13(8-10,9-11)16-12(14)15-2/h10-11H,3-9H2,1-2H3. The van der Waals surface area contributed by atoms with Crippen molar-refractivity contribution in [1.29, 1.82) is 0 Å². The largest absolute Gasteiger partial charge is 0.508 e. The van der Waals surface area contributed by atoms with Crippen LogP contribution >= 0.6 is 0 Å². The second kappa shape index (κ2) is 4.64. The quantitative estimate of drug-likeness (QED) is 0.676. The molecular formula is C13H22O3. The number of hydrogen-bond donors (Lipinski definition) is 0. The van der Waals surface area contributed by atoms with Gasteiger partial charge in [-0.05, 0) is 43.9 Å². The normalized spacial score (nSPS) is 37.9. The van der Waals surface area contributed by atoms with Crippen LogP contribution in [0.4, 0.5) is 4.79 Å². The van der Waals surface area contributed by atoms with E-state index in [-0.39, 0.29) is 5.60 Å². The van der Waals surface area contributed by atoms with Gasteiger partial charge in [-0.15, -0.1) is 0 Å². The Bertz CT molecular complexity index is 264. The third kappa shape index (κ3) is 2.33. The van der Waals surface area contributed by atoms with Crippen molar-refractivity contribution < 1.29 is 14.3 Å². The van der Waals surface area contributed by atoms with Crippen LogP contribution in [-0.4, -0.2) is 18.9 Å². The third-order valence-corrected chi connectivity index (χ3v) is 4.28. The molecule has 3 nitrogen and oxygen atoms in total. The number of carbonyl (C=O) groups excluding carboxylic acids is 1. The highest BCUT2D eigenvalue weighted by molar-refractivity contribution is 5.60. The van der Waals surface area contributed by atoms with E-state index in [4.69, 9.17) is 4.74 Å². The van der Waals surface area contributed by atoms with E-state index in [9.17, 15) is 4.79 Å². The van der Waals surface area contributed by atoms with E-state index in [0.29, 0.717) is 0 Å². The molecule has 0 heterocycles. The summed E-state index contributed by atoms with van der Waals surface area (Å²) < 4.78 is 10.2. The van der Waals surface area contributed by atoms with E-state index in [2.05, 4.69) is 11.7 Å². The van der Waals surface area contributed by atoms with Crippen molar-refractivity contribution in [1.82, 2.24) is 0 Å². The maximum absolute atomic E-state index is 11.3. The topological polar surface area (TPSA) is 35.5 Å². The molecule has 2 rings (SSSR count). The summed E-state index contributed by atoms with van der Waals surface area (Å²) in [4.78, 5) is 11.3. The maximum Gasteiger partial charge on any atom is 0.508 e. The second-order valence-corrected chi connectivity index (χ2v) is 5.42. The summed E-state index contributed by atoms with van der Waals surface area (Å²) in [6.45, 7) is 2.23. The Hall–Kier alpha value is -0.730. The van der Waals surface area contributed by atoms with Gasteiger partial charge in [0.15, 0.2) is 0 Å². The number of ether oxygens (including phenoxy) is 2. The fraction of sp³-hybridized carbons (Fsp3) is 0.923. The summed E-state index contributed by atoms with van der Waals surface area (Å²) in [6.07, 6.45) is 7.63. The predicted octanol–water partition coefficient (Wildman–Crippen LogP) is 3.52. The molecule has 2 aliphatic carbocycles. The molecule has 0 N–H and O–H groups in total. The van der Waals surface area contributed by atoms with E-state index in [0.717, 1.165) is 31.1 Å². The van der Waals surface area contributed by atoms with Crippen LogP contribution in [0, 0.1) is 11.8 Å². The van der Waals surface area contributed by atoms with Gasteiger partial charge in [0.1, 0.15) is 5.60 Å². The van der Waals surface area contributed by atoms with E-state index >= 15 is 0 Å². The van der Waals surface area contributed by atoms with Gasteiger partial charge in [-0.25, -0.2) is 4.79 Å². The first-order chi connectivity index (χ1) is 7.67. The molecular weight excluding hydrogens is 204 g/mol. The molecule has 2 bridgehead atoms. The lowest BCUT2D eigenvalue weighted by molar-refractivity contribution is -0.0955. The molecule has 0 aromatic carbocycles. The number of carbonyl (C=O) groups is 1. The average molecular weight is 226 g/mol. The molecule has 3 atom stereocenters. The minimum absolute atomic E-state index is 0.199. The summed E-state index contributed by atoms with van der Waals surface area (Å²) in [5.41, 5.74) is -0.199. The van der Waals surface area contributed by atoms with E-state index in [1.165, 1.54) is 32.8 Å². The highest BCUT2D eigenvalue weighted by atomic mass is 16.7. The highest BCUT2D eigenvalue weighted by Crippen LogP contribution is 2.48. The molecule has 0 spiro atoms. The molecule has 2 aliphatic rings. The summed E-state index contributed by atoms with van der Waals surface area (Å²) in [6, 6.07) is 0. The zero-order valence-electron chi connectivity index (χ0n) is 10.3. The van der Waals surface area contributed by atoms with Crippen LogP contribution in [0.5, 0.6) is 0 Å². The minimum atomic E-state index is -0.502. The van der Waals surface area contributed by atoms with Crippen LogP contribution in [0.15, 0.2) is 0 Å². The van der Waals surface area contributed by atoms with E-state index in [1.807, 2.05) is 0 Å². The van der Waals surface area contributed by atoms with E-state index in [1.54, 1.807) is 0 Å². The Kier molecular flexibility index (Phi) is 3.41. The summed E-state index contributed by atoms with van der Waals surface area (Å²) in [5, 5.41) is 0. The first kappa shape index (κ1) is 11.7. The third-order valence-electron chi connectivity index (χ3n) is 4.28. The van der Waals surface area contributed by atoms with Crippen molar-refractivity contribution in [2.45, 2.75) is 57.5 Å². The second-order valence-electron chi connectivity index (χ2n) is 5.42. The van der Waals surface area contributed by atoms with Gasteiger partial charge >= 0.3 is 6.16 Å². The maximum atomic E-state index is 11.3. The molecule has 3 heteroatoms. The van der Waals surface area contributed by atoms with Crippen LogP contribution in [0.25, 0.3) is 0 Å². The van der Waals surface area contributed by atoms with E-state index < -0.39 is 6.16 Å². The fourth-order valence-corrected chi connectivity index (χ4v) is 3.57. The first-order valence-corrected chi connectivity index (χ1v) is 6.44. The zero-order chi connectivity index (χ0) is 11.6. The SMILES string of the molecule is CCC1CC2CCCC(OC(=O)OC)(C1)C2. The van der Waals surface area contributed by atoms with Crippen molar-refractivity contribution in [3.63, 3.8) is 0 Å². The molecule has 0 aromatic heterocycles. The Morgan fingerprint density at radius 1 is 1.44 bits per heavy atom. The minimum Gasteiger partial charge on any atom is -0.438 e. The van der Waals surface area contributed by atoms with Crippen molar-refractivity contribution in [2.75, 3.05) is 7.11 Å². The number of rotatable bonds is 2. The number of fused-ring (bicyclic) bond motifs is 2. The Labute approximate surface area is 97.5 Å². The van der Waals surface area contributed by atoms with Gasteiger partial charge in [-0.1, -0.05) is 19.8 Å². The predicted molar refractivity (Wildman–Crippen MR) is 61.2 cm³/mol. The van der Waals surface area contributed by atoms with Crippen molar-refractivity contribution >= 4 is 6.16 Å². The zero-order valence-corrected chi connectivity index (χ0v) is 10.3. The lowest BCUT2D eigenvalue weighted by Crippen LogP contribution is -2.45. The molecule has 0 radical (unpaired) electrons. The van der Waals surface area contributed by atoms with Gasteiger partial charge in [0.25, 0.3) is 0 Å². The molecule has 0 amide bonds. The van der Waals surface area contributed by atoms with Gasteiger partial charge in [-0.3, -0.25) is 0 Å². The molecule has 16 heavy (non-hydrogen) atoms. The van der Waals surface area contributed by atoms with Gasteiger partial charge in [0.2, 0.25) is 0 Å².